The molecule has 1 aromatic heterocycles. The van der Waals surface area contributed by atoms with Crippen LogP contribution in [-0.2, 0) is 4.79 Å². The summed E-state index contributed by atoms with van der Waals surface area (Å²) in [7, 11) is 0. The Morgan fingerprint density at radius 3 is 2.87 bits per heavy atom. The van der Waals surface area contributed by atoms with Crippen molar-refractivity contribution in [2.45, 2.75) is 71.8 Å². The maximum atomic E-state index is 11.7. The van der Waals surface area contributed by atoms with Crippen molar-refractivity contribution < 1.29 is 9.53 Å². The summed E-state index contributed by atoms with van der Waals surface area (Å²) in [5, 5.41) is 0. The number of nitrogens with zero attached hydrogens (tertiary/aromatic N) is 2. The maximum absolute atomic E-state index is 11.7. The fourth-order valence-electron chi connectivity index (χ4n) is 8.08. The molecule has 1 aliphatic heterocycles. The van der Waals surface area contributed by atoms with Crippen molar-refractivity contribution in [3.8, 4) is 5.75 Å². The van der Waals surface area contributed by atoms with Crippen LogP contribution in [0.1, 0.15) is 71.3 Å². The van der Waals surface area contributed by atoms with Crippen LogP contribution >= 0.6 is 0 Å². The van der Waals surface area contributed by atoms with E-state index >= 15 is 0 Å². The van der Waals surface area contributed by atoms with Crippen molar-refractivity contribution in [1.82, 2.24) is 9.88 Å². The van der Waals surface area contributed by atoms with Crippen molar-refractivity contribution in [3.63, 3.8) is 0 Å². The smallest absolute Gasteiger partial charge is 0.209 e. The lowest BCUT2D eigenvalue weighted by atomic mass is 9.46. The van der Waals surface area contributed by atoms with Crippen LogP contribution in [0, 0.1) is 28.6 Å². The number of allylic oxidation sites excluding steroid dienone is 2. The van der Waals surface area contributed by atoms with E-state index in [2.05, 4.69) is 35.9 Å². The van der Waals surface area contributed by atoms with Gasteiger partial charge in [0.2, 0.25) is 6.41 Å². The van der Waals surface area contributed by atoms with Crippen molar-refractivity contribution >= 4 is 12.0 Å². The van der Waals surface area contributed by atoms with E-state index in [9.17, 15) is 4.79 Å². The molecule has 6 atom stereocenters. The van der Waals surface area contributed by atoms with Gasteiger partial charge in [0.25, 0.3) is 0 Å². The highest BCUT2D eigenvalue weighted by atomic mass is 16.5. The lowest BCUT2D eigenvalue weighted by Crippen LogP contribution is -2.60. The van der Waals surface area contributed by atoms with Crippen molar-refractivity contribution in [2.75, 3.05) is 13.2 Å². The van der Waals surface area contributed by atoms with Crippen molar-refractivity contribution in [2.24, 2.45) is 28.6 Å². The van der Waals surface area contributed by atoms with Crippen molar-refractivity contribution in [1.29, 1.82) is 0 Å². The SMILES string of the molecule is CCOc1cncc(C2=CC[C@H]3[C@@H]4CCC5N(C=O)CCC[C@]5(C)C4CC[C@]23C)c1. The van der Waals surface area contributed by atoms with E-state index in [1.807, 2.05) is 19.3 Å². The Bertz CT molecular complexity index is 851. The molecule has 5 rings (SSSR count). The monoisotopic (exact) mass is 408 g/mol. The van der Waals surface area contributed by atoms with E-state index in [1.54, 1.807) is 0 Å². The van der Waals surface area contributed by atoms with Crippen LogP contribution in [0.4, 0.5) is 0 Å². The zero-order valence-electron chi connectivity index (χ0n) is 18.8. The fourth-order valence-corrected chi connectivity index (χ4v) is 8.08. The first-order valence-electron chi connectivity index (χ1n) is 12.0. The summed E-state index contributed by atoms with van der Waals surface area (Å²) in [6.45, 7) is 8.66. The highest BCUT2D eigenvalue weighted by molar-refractivity contribution is 5.73. The van der Waals surface area contributed by atoms with E-state index in [4.69, 9.17) is 4.74 Å². The lowest BCUT2D eigenvalue weighted by Gasteiger charge is -2.61. The molecular formula is C26H36N2O2. The first kappa shape index (κ1) is 20.1. The molecule has 0 N–H and O–H groups in total. The third-order valence-corrected chi connectivity index (χ3v) is 9.40. The number of aromatic nitrogens is 1. The van der Waals surface area contributed by atoms with Crippen molar-refractivity contribution in [3.05, 3.63) is 30.1 Å². The van der Waals surface area contributed by atoms with Crippen LogP contribution in [0.3, 0.4) is 0 Å². The van der Waals surface area contributed by atoms with Gasteiger partial charge in [-0.2, -0.15) is 0 Å². The van der Waals surface area contributed by atoms with Gasteiger partial charge < -0.3 is 9.64 Å². The molecule has 2 saturated carbocycles. The average Bonchev–Trinajstić information content (AvgIpc) is 3.10. The van der Waals surface area contributed by atoms with Crippen LogP contribution in [0.15, 0.2) is 24.5 Å². The van der Waals surface area contributed by atoms with E-state index in [0.29, 0.717) is 24.0 Å². The molecule has 4 heteroatoms. The summed E-state index contributed by atoms with van der Waals surface area (Å²) in [6.07, 6.45) is 16.1. The summed E-state index contributed by atoms with van der Waals surface area (Å²) in [5.74, 6) is 3.11. The quantitative estimate of drug-likeness (QED) is 0.632. The minimum atomic E-state index is 0.232. The first-order valence-corrected chi connectivity index (χ1v) is 12.0. The summed E-state index contributed by atoms with van der Waals surface area (Å²) in [6, 6.07) is 2.64. The molecule has 30 heavy (non-hydrogen) atoms. The molecule has 0 bridgehead atoms. The molecule has 162 valence electrons. The fraction of sp³-hybridized carbons (Fsp3) is 0.692. The van der Waals surface area contributed by atoms with Crippen LogP contribution in [0.25, 0.3) is 5.57 Å². The van der Waals surface area contributed by atoms with Gasteiger partial charge in [0, 0.05) is 18.8 Å². The van der Waals surface area contributed by atoms with Gasteiger partial charge in [-0.25, -0.2) is 0 Å². The number of rotatable bonds is 4. The number of hydrogen-bond donors (Lipinski definition) is 0. The zero-order chi connectivity index (χ0) is 20.9. The topological polar surface area (TPSA) is 42.4 Å². The number of amides is 1. The number of carbonyl (C=O) groups is 1. The van der Waals surface area contributed by atoms with E-state index < -0.39 is 0 Å². The Labute approximate surface area is 181 Å². The van der Waals surface area contributed by atoms with Gasteiger partial charge in [-0.1, -0.05) is 19.9 Å². The minimum Gasteiger partial charge on any atom is -0.492 e. The van der Waals surface area contributed by atoms with Gasteiger partial charge in [-0.15, -0.1) is 0 Å². The Hall–Kier alpha value is -1.84. The molecule has 2 unspecified atom stereocenters. The number of ether oxygens (including phenoxy) is 1. The number of carbonyl (C=O) groups excluding carboxylic acids is 1. The Balaban J connectivity index is 1.42. The first-order chi connectivity index (χ1) is 14.5. The van der Waals surface area contributed by atoms with E-state index in [1.165, 1.54) is 49.7 Å². The normalized spacial score (nSPS) is 40.1. The molecular weight excluding hydrogens is 372 g/mol. The minimum absolute atomic E-state index is 0.232. The molecule has 1 aromatic rings. The second-order valence-corrected chi connectivity index (χ2v) is 10.6. The predicted molar refractivity (Wildman–Crippen MR) is 119 cm³/mol. The number of likely N-dealkylation sites (tertiary alicyclic amines) is 1. The molecule has 4 nitrogen and oxygen atoms in total. The molecule has 0 aromatic carbocycles. The van der Waals surface area contributed by atoms with Gasteiger partial charge >= 0.3 is 0 Å². The Morgan fingerprint density at radius 1 is 1.20 bits per heavy atom. The number of pyridine rings is 1. The number of hydrogen-bond acceptors (Lipinski definition) is 3. The molecule has 4 aliphatic rings. The summed E-state index contributed by atoms with van der Waals surface area (Å²) >= 11 is 0. The highest BCUT2D eigenvalue weighted by Crippen LogP contribution is 2.66. The van der Waals surface area contributed by atoms with Crippen LogP contribution in [-0.4, -0.2) is 35.5 Å². The largest absolute Gasteiger partial charge is 0.492 e. The van der Waals surface area contributed by atoms with E-state index in [-0.39, 0.29) is 5.41 Å². The second-order valence-electron chi connectivity index (χ2n) is 10.6. The zero-order valence-corrected chi connectivity index (χ0v) is 18.8. The number of fused-ring (bicyclic) bond motifs is 5. The maximum Gasteiger partial charge on any atom is 0.209 e. The summed E-state index contributed by atoms with van der Waals surface area (Å²) in [5.41, 5.74) is 3.26. The average molecular weight is 409 g/mol. The predicted octanol–water partition coefficient (Wildman–Crippen LogP) is 5.34. The molecule has 3 aliphatic carbocycles. The summed E-state index contributed by atoms with van der Waals surface area (Å²) < 4.78 is 5.73. The highest BCUT2D eigenvalue weighted by Gasteiger charge is 2.59. The van der Waals surface area contributed by atoms with Gasteiger partial charge in [-0.3, -0.25) is 9.78 Å². The molecule has 2 heterocycles. The molecule has 0 spiro atoms. The molecule has 0 radical (unpaired) electrons. The van der Waals surface area contributed by atoms with Crippen LogP contribution in [0.2, 0.25) is 0 Å². The third-order valence-electron chi connectivity index (χ3n) is 9.40. The Morgan fingerprint density at radius 2 is 2.07 bits per heavy atom. The van der Waals surface area contributed by atoms with E-state index in [0.717, 1.165) is 37.0 Å². The Kier molecular flexibility index (Phi) is 4.95. The second kappa shape index (κ2) is 7.39. The van der Waals surface area contributed by atoms with Gasteiger partial charge in [0.05, 0.1) is 12.8 Å². The van der Waals surface area contributed by atoms with Crippen LogP contribution in [0.5, 0.6) is 5.75 Å². The van der Waals surface area contributed by atoms with Crippen LogP contribution < -0.4 is 4.74 Å². The summed E-state index contributed by atoms with van der Waals surface area (Å²) in [4.78, 5) is 18.3. The standard InChI is InChI=1S/C26H36N2O2/c1-4-30-19-14-18(15-27-16-19)21-7-8-22-20-6-9-24-26(3,11-5-13-28(24)17-29)23(20)10-12-25(21,22)2/h7,14-17,20,22-24H,4-6,8-13H2,1-3H3/t20-,22-,23?,24?,25+,26+/m0/s1. The lowest BCUT2D eigenvalue weighted by molar-refractivity contribution is -0.142. The molecule has 1 amide bonds. The number of piperidine rings is 1. The third kappa shape index (κ3) is 2.85. The van der Waals surface area contributed by atoms with Gasteiger partial charge in [-0.05, 0) is 97.7 Å². The molecule has 1 saturated heterocycles. The van der Waals surface area contributed by atoms with Gasteiger partial charge in [0.15, 0.2) is 0 Å². The molecule has 3 fully saturated rings. The van der Waals surface area contributed by atoms with Gasteiger partial charge in [0.1, 0.15) is 5.75 Å².